The third-order valence-electron chi connectivity index (χ3n) is 3.66. The number of nitrogens with two attached hydrogens (primary N) is 2. The maximum Gasteiger partial charge on any atom is 0.234 e. The van der Waals surface area contributed by atoms with Crippen LogP contribution in [0.4, 0.5) is 5.69 Å². The molecule has 1 fully saturated rings. The second-order valence-corrected chi connectivity index (χ2v) is 5.22. The van der Waals surface area contributed by atoms with Gasteiger partial charge < -0.3 is 16.2 Å². The van der Waals surface area contributed by atoms with E-state index in [9.17, 15) is 4.79 Å². The van der Waals surface area contributed by atoms with Crippen molar-refractivity contribution >= 4 is 11.6 Å². The summed E-state index contributed by atoms with van der Waals surface area (Å²) in [4.78, 5) is 13.6. The highest BCUT2D eigenvalue weighted by Crippen LogP contribution is 2.18. The van der Waals surface area contributed by atoms with E-state index in [2.05, 4.69) is 4.90 Å². The minimum absolute atomic E-state index is 0.101. The second kappa shape index (κ2) is 7.14. The molecule has 0 aliphatic carbocycles. The molecule has 0 aromatic heterocycles. The first-order valence-electron chi connectivity index (χ1n) is 7.18. The highest BCUT2D eigenvalue weighted by atomic mass is 16.5. The summed E-state index contributed by atoms with van der Waals surface area (Å²) in [5.74, 6) is 0.580. The number of rotatable bonds is 6. The number of piperidine rings is 1. The highest BCUT2D eigenvalue weighted by molar-refractivity contribution is 5.79. The zero-order valence-electron chi connectivity index (χ0n) is 11.8. The molecule has 1 heterocycles. The molecule has 0 spiro atoms. The van der Waals surface area contributed by atoms with E-state index in [1.165, 1.54) is 0 Å². The molecular weight excluding hydrogens is 254 g/mol. The number of nitrogen functional groups attached to an aromatic ring is 1. The molecule has 1 unspecified atom stereocenters. The molecule has 1 saturated heterocycles. The van der Waals surface area contributed by atoms with Gasteiger partial charge in [0.25, 0.3) is 0 Å². The Morgan fingerprint density at radius 2 is 2.25 bits per heavy atom. The third-order valence-corrected chi connectivity index (χ3v) is 3.66. The van der Waals surface area contributed by atoms with Crippen molar-refractivity contribution in [3.8, 4) is 5.75 Å². The Bertz CT molecular complexity index is 450. The minimum Gasteiger partial charge on any atom is -0.493 e. The maximum absolute atomic E-state index is 11.4. The first-order valence-corrected chi connectivity index (χ1v) is 7.18. The molecule has 1 aliphatic rings. The second-order valence-electron chi connectivity index (χ2n) is 5.22. The SMILES string of the molecule is NC(=O)C1CCCCN1CCCOc1cccc(N)c1. The summed E-state index contributed by atoms with van der Waals surface area (Å²) in [6.07, 6.45) is 3.98. The van der Waals surface area contributed by atoms with Crippen LogP contribution in [0.2, 0.25) is 0 Å². The number of amides is 1. The minimum atomic E-state index is -0.207. The summed E-state index contributed by atoms with van der Waals surface area (Å²) < 4.78 is 5.65. The fourth-order valence-corrected chi connectivity index (χ4v) is 2.64. The van der Waals surface area contributed by atoms with Crippen LogP contribution in [-0.4, -0.2) is 36.5 Å². The van der Waals surface area contributed by atoms with Gasteiger partial charge in [0.15, 0.2) is 0 Å². The Labute approximate surface area is 119 Å². The molecule has 0 saturated carbocycles. The zero-order valence-corrected chi connectivity index (χ0v) is 11.8. The third kappa shape index (κ3) is 4.13. The number of nitrogens with zero attached hydrogens (tertiary/aromatic N) is 1. The van der Waals surface area contributed by atoms with Gasteiger partial charge in [-0.05, 0) is 37.9 Å². The smallest absolute Gasteiger partial charge is 0.234 e. The monoisotopic (exact) mass is 277 g/mol. The molecule has 1 atom stereocenters. The number of hydrogen-bond donors (Lipinski definition) is 2. The van der Waals surface area contributed by atoms with Gasteiger partial charge in [-0.25, -0.2) is 0 Å². The van der Waals surface area contributed by atoms with Gasteiger partial charge in [0.05, 0.1) is 12.6 Å². The summed E-state index contributed by atoms with van der Waals surface area (Å²) >= 11 is 0. The van der Waals surface area contributed by atoms with Crippen molar-refractivity contribution < 1.29 is 9.53 Å². The lowest BCUT2D eigenvalue weighted by molar-refractivity contribution is -0.124. The summed E-state index contributed by atoms with van der Waals surface area (Å²) in [6, 6.07) is 7.31. The molecule has 20 heavy (non-hydrogen) atoms. The Kier molecular flexibility index (Phi) is 5.24. The number of likely N-dealkylation sites (tertiary alicyclic amines) is 1. The van der Waals surface area contributed by atoms with Gasteiger partial charge in [-0.1, -0.05) is 12.5 Å². The van der Waals surface area contributed by atoms with Crippen LogP contribution in [0.15, 0.2) is 24.3 Å². The topological polar surface area (TPSA) is 81.6 Å². The number of hydrogen-bond acceptors (Lipinski definition) is 4. The normalized spacial score (nSPS) is 19.7. The van der Waals surface area contributed by atoms with E-state index in [1.54, 1.807) is 0 Å². The lowest BCUT2D eigenvalue weighted by Crippen LogP contribution is -2.48. The van der Waals surface area contributed by atoms with Gasteiger partial charge in [0, 0.05) is 18.3 Å². The molecule has 0 radical (unpaired) electrons. The summed E-state index contributed by atoms with van der Waals surface area (Å²) in [7, 11) is 0. The molecule has 1 amide bonds. The first-order chi connectivity index (χ1) is 9.66. The fraction of sp³-hybridized carbons (Fsp3) is 0.533. The van der Waals surface area contributed by atoms with Crippen LogP contribution in [0.25, 0.3) is 0 Å². The van der Waals surface area contributed by atoms with E-state index in [-0.39, 0.29) is 11.9 Å². The van der Waals surface area contributed by atoms with Crippen LogP contribution in [0.5, 0.6) is 5.75 Å². The van der Waals surface area contributed by atoms with E-state index in [1.807, 2.05) is 24.3 Å². The fourth-order valence-electron chi connectivity index (χ4n) is 2.64. The van der Waals surface area contributed by atoms with E-state index >= 15 is 0 Å². The van der Waals surface area contributed by atoms with E-state index in [0.717, 1.165) is 44.5 Å². The summed E-state index contributed by atoms with van der Waals surface area (Å²) in [5, 5.41) is 0. The van der Waals surface area contributed by atoms with Crippen molar-refractivity contribution in [3.05, 3.63) is 24.3 Å². The van der Waals surface area contributed by atoms with Crippen molar-refractivity contribution in [2.75, 3.05) is 25.4 Å². The van der Waals surface area contributed by atoms with E-state index in [0.29, 0.717) is 12.3 Å². The molecule has 4 N–H and O–H groups in total. The number of carbonyl (C=O) groups excluding carboxylic acids is 1. The van der Waals surface area contributed by atoms with Gasteiger partial charge in [0.1, 0.15) is 5.75 Å². The van der Waals surface area contributed by atoms with Crippen LogP contribution < -0.4 is 16.2 Å². The van der Waals surface area contributed by atoms with Gasteiger partial charge in [-0.2, -0.15) is 0 Å². The number of primary amides is 1. The molecule has 2 rings (SSSR count). The predicted octanol–water partition coefficient (Wildman–Crippen LogP) is 1.38. The van der Waals surface area contributed by atoms with Gasteiger partial charge in [0.2, 0.25) is 5.91 Å². The van der Waals surface area contributed by atoms with Crippen LogP contribution in [0.3, 0.4) is 0 Å². The summed E-state index contributed by atoms with van der Waals surface area (Å²) in [6.45, 7) is 2.41. The van der Waals surface area contributed by atoms with Crippen molar-refractivity contribution in [1.82, 2.24) is 4.90 Å². The van der Waals surface area contributed by atoms with Gasteiger partial charge in [-0.3, -0.25) is 9.69 Å². The van der Waals surface area contributed by atoms with Crippen molar-refractivity contribution in [3.63, 3.8) is 0 Å². The molecule has 0 bridgehead atoms. The lowest BCUT2D eigenvalue weighted by Gasteiger charge is -2.33. The number of benzene rings is 1. The number of carbonyl (C=O) groups is 1. The Morgan fingerprint density at radius 3 is 3.00 bits per heavy atom. The van der Waals surface area contributed by atoms with Gasteiger partial charge >= 0.3 is 0 Å². The molecule has 1 aromatic rings. The molecule has 1 aliphatic heterocycles. The largest absolute Gasteiger partial charge is 0.493 e. The standard InChI is InChI=1S/C15H23N3O2/c16-12-5-3-6-13(11-12)20-10-4-9-18-8-2-1-7-14(18)15(17)19/h3,5-6,11,14H,1-2,4,7-10,16H2,(H2,17,19). The van der Waals surface area contributed by atoms with E-state index in [4.69, 9.17) is 16.2 Å². The molecule has 1 aromatic carbocycles. The highest BCUT2D eigenvalue weighted by Gasteiger charge is 2.26. The molecular formula is C15H23N3O2. The van der Waals surface area contributed by atoms with Crippen LogP contribution in [0, 0.1) is 0 Å². The van der Waals surface area contributed by atoms with Crippen molar-refractivity contribution in [1.29, 1.82) is 0 Å². The lowest BCUT2D eigenvalue weighted by atomic mass is 10.0. The van der Waals surface area contributed by atoms with Crippen LogP contribution in [0.1, 0.15) is 25.7 Å². The first kappa shape index (κ1) is 14.7. The predicted molar refractivity (Wildman–Crippen MR) is 79.4 cm³/mol. The quantitative estimate of drug-likeness (QED) is 0.608. The van der Waals surface area contributed by atoms with E-state index < -0.39 is 0 Å². The average molecular weight is 277 g/mol. The Balaban J connectivity index is 1.73. The Hall–Kier alpha value is -1.75. The molecule has 5 heteroatoms. The zero-order chi connectivity index (χ0) is 14.4. The van der Waals surface area contributed by atoms with Gasteiger partial charge in [-0.15, -0.1) is 0 Å². The van der Waals surface area contributed by atoms with Crippen molar-refractivity contribution in [2.24, 2.45) is 5.73 Å². The van der Waals surface area contributed by atoms with Crippen molar-refractivity contribution in [2.45, 2.75) is 31.7 Å². The Morgan fingerprint density at radius 1 is 1.40 bits per heavy atom. The average Bonchev–Trinajstić information content (AvgIpc) is 2.44. The maximum atomic E-state index is 11.4. The summed E-state index contributed by atoms with van der Waals surface area (Å²) in [5.41, 5.74) is 11.8. The molecule has 5 nitrogen and oxygen atoms in total. The number of anilines is 1. The number of ether oxygens (including phenoxy) is 1. The van der Waals surface area contributed by atoms with Crippen LogP contribution in [-0.2, 0) is 4.79 Å². The van der Waals surface area contributed by atoms with Crippen LogP contribution >= 0.6 is 0 Å². The molecule has 110 valence electrons.